The highest BCUT2D eigenvalue weighted by Gasteiger charge is 2.29. The maximum absolute atomic E-state index is 12.1. The third-order valence-electron chi connectivity index (χ3n) is 3.90. The molecule has 1 aliphatic heterocycles. The van der Waals surface area contributed by atoms with E-state index >= 15 is 0 Å². The first-order valence-corrected chi connectivity index (χ1v) is 10.8. The molecule has 1 N–H and O–H groups in total. The molecule has 1 atom stereocenters. The number of aromatic nitrogens is 4. The van der Waals surface area contributed by atoms with Crippen molar-refractivity contribution in [2.75, 3.05) is 17.3 Å². The number of carbonyl (C=O) groups is 1. The van der Waals surface area contributed by atoms with Crippen molar-refractivity contribution >= 4 is 27.5 Å². The predicted molar refractivity (Wildman–Crippen MR) is 94.9 cm³/mol. The number of nitrogens with zero attached hydrogens (tertiary/aromatic N) is 4. The van der Waals surface area contributed by atoms with Gasteiger partial charge in [0.1, 0.15) is 0 Å². The number of thioether (sulfide) groups is 1. The number of sulfone groups is 1. The first-order chi connectivity index (χ1) is 12.0. The van der Waals surface area contributed by atoms with Crippen molar-refractivity contribution in [2.24, 2.45) is 0 Å². The Morgan fingerprint density at radius 1 is 1.36 bits per heavy atom. The lowest BCUT2D eigenvalue weighted by molar-refractivity contribution is -0.119. The summed E-state index contributed by atoms with van der Waals surface area (Å²) in [6, 6.07) is 3.44. The third kappa shape index (κ3) is 4.37. The minimum Gasteiger partial charge on any atom is -0.352 e. The largest absolute Gasteiger partial charge is 0.352 e. The Kier molecular flexibility index (Phi) is 5.38. The van der Waals surface area contributed by atoms with Crippen LogP contribution in [0.3, 0.4) is 0 Å². The van der Waals surface area contributed by atoms with Crippen LogP contribution >= 0.6 is 11.8 Å². The van der Waals surface area contributed by atoms with Crippen molar-refractivity contribution in [3.63, 3.8) is 0 Å². The summed E-state index contributed by atoms with van der Waals surface area (Å²) in [7, 11) is -3.00. The Morgan fingerprint density at radius 2 is 2.12 bits per heavy atom. The van der Waals surface area contributed by atoms with E-state index in [2.05, 4.69) is 20.5 Å². The molecular weight excluding hydrogens is 362 g/mol. The molecule has 1 aliphatic rings. The smallest absolute Gasteiger partial charge is 0.230 e. The second-order valence-corrected chi connectivity index (χ2v) is 8.91. The molecular formula is C15H19N5O3S2. The molecule has 3 heterocycles. The molecule has 1 amide bonds. The molecule has 10 heteroatoms. The molecule has 3 rings (SSSR count). The highest BCUT2D eigenvalue weighted by Crippen LogP contribution is 2.23. The topological polar surface area (TPSA) is 107 Å². The van der Waals surface area contributed by atoms with Gasteiger partial charge in [-0.25, -0.2) is 8.42 Å². The number of pyridine rings is 1. The Balaban J connectivity index is 1.62. The molecule has 2 aromatic rings. The molecule has 0 aliphatic carbocycles. The monoisotopic (exact) mass is 381 g/mol. The predicted octanol–water partition coefficient (Wildman–Crippen LogP) is 0.755. The summed E-state index contributed by atoms with van der Waals surface area (Å²) in [5.41, 5.74) is 0.914. The van der Waals surface area contributed by atoms with Gasteiger partial charge in [0.15, 0.2) is 20.8 Å². The van der Waals surface area contributed by atoms with Crippen molar-refractivity contribution in [3.05, 3.63) is 24.5 Å². The zero-order valence-corrected chi connectivity index (χ0v) is 15.4. The minimum atomic E-state index is -3.00. The lowest BCUT2D eigenvalue weighted by Gasteiger charge is -2.11. The second kappa shape index (κ2) is 7.52. The second-order valence-electron chi connectivity index (χ2n) is 5.74. The summed E-state index contributed by atoms with van der Waals surface area (Å²) >= 11 is 1.29. The van der Waals surface area contributed by atoms with Crippen LogP contribution in [-0.4, -0.2) is 57.4 Å². The molecule has 0 unspecified atom stereocenters. The normalized spacial score (nSPS) is 19.0. The summed E-state index contributed by atoms with van der Waals surface area (Å²) in [4.78, 5) is 16.1. The van der Waals surface area contributed by atoms with Gasteiger partial charge in [0.2, 0.25) is 5.91 Å². The van der Waals surface area contributed by atoms with Crippen LogP contribution in [0, 0.1) is 0 Å². The number of nitrogens with one attached hydrogen (secondary N) is 1. The molecule has 1 fully saturated rings. The zero-order chi connectivity index (χ0) is 17.9. The maximum Gasteiger partial charge on any atom is 0.230 e. The zero-order valence-electron chi connectivity index (χ0n) is 13.8. The van der Waals surface area contributed by atoms with E-state index in [1.54, 1.807) is 12.4 Å². The SMILES string of the molecule is CCn1c(SCC(=O)N[C@H]2CCS(=O)(=O)C2)nnc1-c1ccncc1. The van der Waals surface area contributed by atoms with Crippen molar-refractivity contribution < 1.29 is 13.2 Å². The van der Waals surface area contributed by atoms with Gasteiger partial charge in [-0.05, 0) is 25.5 Å². The summed E-state index contributed by atoms with van der Waals surface area (Å²) in [5.74, 6) is 0.883. The van der Waals surface area contributed by atoms with Crippen LogP contribution in [0.4, 0.5) is 0 Å². The summed E-state index contributed by atoms with van der Waals surface area (Å²) in [6.07, 6.45) is 3.87. The van der Waals surface area contributed by atoms with Gasteiger partial charge in [-0.15, -0.1) is 10.2 Å². The van der Waals surface area contributed by atoms with Gasteiger partial charge in [-0.2, -0.15) is 0 Å². The number of carbonyl (C=O) groups excluding carboxylic acids is 1. The number of amides is 1. The summed E-state index contributed by atoms with van der Waals surface area (Å²) in [6.45, 7) is 2.66. The molecule has 134 valence electrons. The van der Waals surface area contributed by atoms with E-state index in [-0.39, 0.29) is 29.2 Å². The Hall–Kier alpha value is -1.94. The van der Waals surface area contributed by atoms with Crippen molar-refractivity contribution in [1.29, 1.82) is 0 Å². The van der Waals surface area contributed by atoms with E-state index in [0.29, 0.717) is 18.1 Å². The average Bonchev–Trinajstić information content (AvgIpc) is 3.16. The first-order valence-electron chi connectivity index (χ1n) is 7.94. The standard InChI is InChI=1S/C15H19N5O3S2/c1-2-20-14(11-3-6-16-7-4-11)18-19-15(20)24-9-13(21)17-12-5-8-25(22,23)10-12/h3-4,6-7,12H,2,5,8-10H2,1H3,(H,17,21)/t12-/m0/s1. The molecule has 0 radical (unpaired) electrons. The van der Waals surface area contributed by atoms with Gasteiger partial charge < -0.3 is 9.88 Å². The molecule has 2 aromatic heterocycles. The molecule has 0 aromatic carbocycles. The molecule has 0 spiro atoms. The van der Waals surface area contributed by atoms with Gasteiger partial charge in [0, 0.05) is 30.5 Å². The van der Waals surface area contributed by atoms with Crippen LogP contribution in [-0.2, 0) is 21.2 Å². The molecule has 0 saturated carbocycles. The lowest BCUT2D eigenvalue weighted by atomic mass is 10.2. The van der Waals surface area contributed by atoms with Crippen molar-refractivity contribution in [1.82, 2.24) is 25.1 Å². The van der Waals surface area contributed by atoms with E-state index in [4.69, 9.17) is 0 Å². The van der Waals surface area contributed by atoms with E-state index in [1.165, 1.54) is 11.8 Å². The lowest BCUT2D eigenvalue weighted by Crippen LogP contribution is -2.36. The Labute approximate surface area is 150 Å². The fraction of sp³-hybridized carbons (Fsp3) is 0.467. The minimum absolute atomic E-state index is 0.0285. The number of hydrogen-bond acceptors (Lipinski definition) is 7. The van der Waals surface area contributed by atoms with Gasteiger partial charge in [0.25, 0.3) is 0 Å². The summed E-state index contributed by atoms with van der Waals surface area (Å²) < 4.78 is 24.8. The van der Waals surface area contributed by atoms with Crippen molar-refractivity contribution in [2.45, 2.75) is 31.1 Å². The molecule has 25 heavy (non-hydrogen) atoms. The highest BCUT2D eigenvalue weighted by atomic mass is 32.2. The van der Waals surface area contributed by atoms with E-state index < -0.39 is 9.84 Å². The number of hydrogen-bond donors (Lipinski definition) is 1. The maximum atomic E-state index is 12.1. The van der Waals surface area contributed by atoms with Crippen LogP contribution in [0.25, 0.3) is 11.4 Å². The van der Waals surface area contributed by atoms with E-state index in [9.17, 15) is 13.2 Å². The van der Waals surface area contributed by atoms with Crippen LogP contribution in [0.5, 0.6) is 0 Å². The van der Waals surface area contributed by atoms with Crippen LogP contribution in [0.2, 0.25) is 0 Å². The summed E-state index contributed by atoms with van der Waals surface area (Å²) in [5, 5.41) is 11.8. The fourth-order valence-electron chi connectivity index (χ4n) is 2.70. The van der Waals surface area contributed by atoms with Gasteiger partial charge in [-0.3, -0.25) is 9.78 Å². The quantitative estimate of drug-likeness (QED) is 0.736. The Bertz CT molecular complexity index is 851. The first kappa shape index (κ1) is 17.9. The molecule has 0 bridgehead atoms. The highest BCUT2D eigenvalue weighted by molar-refractivity contribution is 7.99. The van der Waals surface area contributed by atoms with Gasteiger partial charge in [0.05, 0.1) is 17.3 Å². The average molecular weight is 381 g/mol. The Morgan fingerprint density at radius 3 is 2.76 bits per heavy atom. The van der Waals surface area contributed by atoms with Gasteiger partial charge >= 0.3 is 0 Å². The van der Waals surface area contributed by atoms with Gasteiger partial charge in [-0.1, -0.05) is 11.8 Å². The molecule has 1 saturated heterocycles. The van der Waals surface area contributed by atoms with Crippen molar-refractivity contribution in [3.8, 4) is 11.4 Å². The van der Waals surface area contributed by atoms with Crippen LogP contribution in [0.1, 0.15) is 13.3 Å². The number of rotatable bonds is 6. The molecule has 8 nitrogen and oxygen atoms in total. The van der Waals surface area contributed by atoms with Crippen LogP contribution < -0.4 is 5.32 Å². The fourth-order valence-corrected chi connectivity index (χ4v) is 5.19. The van der Waals surface area contributed by atoms with E-state index in [1.807, 2.05) is 23.6 Å². The third-order valence-corrected chi connectivity index (χ3v) is 6.64. The van der Waals surface area contributed by atoms with E-state index in [0.717, 1.165) is 11.4 Å². The van der Waals surface area contributed by atoms with Crippen LogP contribution in [0.15, 0.2) is 29.7 Å².